The molecule has 1 aliphatic heterocycles. The molecule has 7 heteroatoms. The van der Waals surface area contributed by atoms with Gasteiger partial charge in [-0.25, -0.2) is 18.7 Å². The van der Waals surface area contributed by atoms with Gasteiger partial charge in [-0.3, -0.25) is 9.36 Å². The fourth-order valence-corrected chi connectivity index (χ4v) is 2.65. The van der Waals surface area contributed by atoms with E-state index < -0.39 is 11.6 Å². The summed E-state index contributed by atoms with van der Waals surface area (Å²) >= 11 is 0. The van der Waals surface area contributed by atoms with E-state index in [9.17, 15) is 13.6 Å². The number of rotatable bonds is 1. The quantitative estimate of drug-likeness (QED) is 0.751. The topological polar surface area (TPSA) is 59.8 Å². The van der Waals surface area contributed by atoms with E-state index in [-0.39, 0.29) is 11.9 Å². The summed E-state index contributed by atoms with van der Waals surface area (Å²) in [6, 6.07) is 5.26. The van der Waals surface area contributed by atoms with E-state index >= 15 is 0 Å². The molecule has 3 aromatic rings. The van der Waals surface area contributed by atoms with Gasteiger partial charge in [-0.15, -0.1) is 0 Å². The lowest BCUT2D eigenvalue weighted by Gasteiger charge is -2.07. The van der Waals surface area contributed by atoms with Crippen LogP contribution in [-0.4, -0.2) is 20.4 Å². The highest BCUT2D eigenvalue weighted by Crippen LogP contribution is 2.26. The van der Waals surface area contributed by atoms with Gasteiger partial charge in [-0.05, 0) is 19.1 Å². The van der Waals surface area contributed by atoms with E-state index in [2.05, 4.69) is 15.3 Å². The van der Waals surface area contributed by atoms with Crippen LogP contribution in [0.15, 0.2) is 30.6 Å². The Morgan fingerprint density at radius 1 is 1.23 bits per heavy atom. The van der Waals surface area contributed by atoms with Crippen LogP contribution in [0.2, 0.25) is 0 Å². The summed E-state index contributed by atoms with van der Waals surface area (Å²) in [7, 11) is 0. The molecule has 1 N–H and O–H groups in total. The summed E-state index contributed by atoms with van der Waals surface area (Å²) in [5.41, 5.74) is 1.91. The summed E-state index contributed by atoms with van der Waals surface area (Å²) in [6.07, 6.45) is 1.45. The zero-order valence-electron chi connectivity index (χ0n) is 11.5. The standard InChI is InChI=1S/C15H10F2N4O/c1-7-14-8(15(22)19-7)2-3-13(20-14)21-6-18-11-4-9(16)10(17)5-12(11)21/h2-7H,1H3,(H,19,22). The highest BCUT2D eigenvalue weighted by molar-refractivity contribution is 5.98. The predicted octanol–water partition coefficient (Wildman–Crippen LogP) is 2.50. The first-order valence-electron chi connectivity index (χ1n) is 6.69. The number of halogens is 2. The molecule has 1 amide bonds. The first kappa shape index (κ1) is 12.9. The van der Waals surface area contributed by atoms with E-state index in [0.717, 1.165) is 12.1 Å². The van der Waals surface area contributed by atoms with Crippen LogP contribution >= 0.6 is 0 Å². The van der Waals surface area contributed by atoms with Crippen molar-refractivity contribution in [2.75, 3.05) is 0 Å². The molecule has 1 aromatic carbocycles. The monoisotopic (exact) mass is 300 g/mol. The van der Waals surface area contributed by atoms with E-state index in [4.69, 9.17) is 0 Å². The molecule has 0 radical (unpaired) electrons. The van der Waals surface area contributed by atoms with Crippen molar-refractivity contribution >= 4 is 16.9 Å². The number of hydrogen-bond donors (Lipinski definition) is 1. The second-order valence-electron chi connectivity index (χ2n) is 5.17. The van der Waals surface area contributed by atoms with Crippen molar-refractivity contribution in [3.05, 3.63) is 53.5 Å². The van der Waals surface area contributed by atoms with Crippen LogP contribution in [0.5, 0.6) is 0 Å². The van der Waals surface area contributed by atoms with Crippen molar-refractivity contribution in [2.24, 2.45) is 0 Å². The summed E-state index contributed by atoms with van der Waals surface area (Å²) in [4.78, 5) is 20.2. The van der Waals surface area contributed by atoms with Crippen molar-refractivity contribution < 1.29 is 13.6 Å². The molecule has 5 nitrogen and oxygen atoms in total. The second-order valence-corrected chi connectivity index (χ2v) is 5.17. The van der Waals surface area contributed by atoms with Gasteiger partial charge in [0.1, 0.15) is 12.1 Å². The third-order valence-electron chi connectivity index (χ3n) is 3.75. The minimum Gasteiger partial charge on any atom is -0.344 e. The molecule has 0 saturated heterocycles. The van der Waals surface area contributed by atoms with E-state index in [1.807, 2.05) is 6.92 Å². The summed E-state index contributed by atoms with van der Waals surface area (Å²) in [5.74, 6) is -1.55. The van der Waals surface area contributed by atoms with Gasteiger partial charge in [-0.1, -0.05) is 0 Å². The first-order chi connectivity index (χ1) is 10.5. The van der Waals surface area contributed by atoms with E-state index in [1.54, 1.807) is 16.7 Å². The van der Waals surface area contributed by atoms with Crippen LogP contribution in [0.3, 0.4) is 0 Å². The summed E-state index contributed by atoms with van der Waals surface area (Å²) in [5, 5.41) is 2.77. The number of pyridine rings is 1. The Morgan fingerprint density at radius 3 is 2.82 bits per heavy atom. The Labute approximate surface area is 123 Å². The van der Waals surface area contributed by atoms with Crippen LogP contribution in [0, 0.1) is 11.6 Å². The van der Waals surface area contributed by atoms with E-state index in [1.165, 1.54) is 6.33 Å². The summed E-state index contributed by atoms with van der Waals surface area (Å²) < 4.78 is 28.3. The molecule has 0 bridgehead atoms. The first-order valence-corrected chi connectivity index (χ1v) is 6.69. The van der Waals surface area contributed by atoms with Crippen LogP contribution in [0.25, 0.3) is 16.9 Å². The summed E-state index contributed by atoms with van der Waals surface area (Å²) in [6.45, 7) is 1.83. The fraction of sp³-hybridized carbons (Fsp3) is 0.133. The third kappa shape index (κ3) is 1.71. The van der Waals surface area contributed by atoms with Gasteiger partial charge in [0.2, 0.25) is 0 Å². The van der Waals surface area contributed by atoms with Crippen molar-refractivity contribution in [2.45, 2.75) is 13.0 Å². The number of nitrogens with one attached hydrogen (secondary N) is 1. The molecule has 110 valence electrons. The van der Waals surface area contributed by atoms with Crippen LogP contribution in [0.1, 0.15) is 29.0 Å². The lowest BCUT2D eigenvalue weighted by molar-refractivity contribution is 0.0958. The van der Waals surface area contributed by atoms with Gasteiger partial charge >= 0.3 is 0 Å². The Kier molecular flexibility index (Phi) is 2.53. The molecule has 1 unspecified atom stereocenters. The van der Waals surface area contributed by atoms with Crippen molar-refractivity contribution in [3.63, 3.8) is 0 Å². The van der Waals surface area contributed by atoms with Gasteiger partial charge in [0.05, 0.1) is 28.3 Å². The number of carbonyl (C=O) groups is 1. The molecule has 0 fully saturated rings. The number of carbonyl (C=O) groups excluding carboxylic acids is 1. The van der Waals surface area contributed by atoms with E-state index in [0.29, 0.717) is 28.1 Å². The molecule has 4 rings (SSSR count). The SMILES string of the molecule is CC1NC(=O)c2ccc(-n3cnc4cc(F)c(F)cc43)nc21. The van der Waals surface area contributed by atoms with Crippen LogP contribution in [0.4, 0.5) is 8.78 Å². The minimum atomic E-state index is -0.944. The highest BCUT2D eigenvalue weighted by atomic mass is 19.2. The minimum absolute atomic E-state index is 0.162. The molecule has 3 heterocycles. The van der Waals surface area contributed by atoms with Crippen molar-refractivity contribution in [1.82, 2.24) is 19.9 Å². The lowest BCUT2D eigenvalue weighted by atomic mass is 10.1. The second kappa shape index (κ2) is 4.33. The normalized spacial score (nSPS) is 16.9. The number of amides is 1. The molecular formula is C15H10F2N4O. The average Bonchev–Trinajstić information content (AvgIpc) is 3.01. The molecular weight excluding hydrogens is 290 g/mol. The Hall–Kier alpha value is -2.83. The Morgan fingerprint density at radius 2 is 2.00 bits per heavy atom. The maximum atomic E-state index is 13.5. The maximum absolute atomic E-state index is 13.5. The third-order valence-corrected chi connectivity index (χ3v) is 3.75. The van der Waals surface area contributed by atoms with Gasteiger partial charge in [0.15, 0.2) is 11.6 Å². The van der Waals surface area contributed by atoms with Gasteiger partial charge in [-0.2, -0.15) is 0 Å². The Bertz CT molecular complexity index is 935. The number of fused-ring (bicyclic) bond motifs is 2. The predicted molar refractivity (Wildman–Crippen MR) is 74.7 cm³/mol. The van der Waals surface area contributed by atoms with Crippen LogP contribution in [-0.2, 0) is 0 Å². The number of nitrogens with zero attached hydrogens (tertiary/aromatic N) is 3. The molecule has 1 aliphatic rings. The zero-order chi connectivity index (χ0) is 15.4. The molecule has 1 atom stereocenters. The molecule has 0 aliphatic carbocycles. The zero-order valence-corrected chi connectivity index (χ0v) is 11.5. The smallest absolute Gasteiger partial charge is 0.253 e. The van der Waals surface area contributed by atoms with Gasteiger partial charge in [0.25, 0.3) is 5.91 Å². The number of benzene rings is 1. The molecule has 0 spiro atoms. The molecule has 0 saturated carbocycles. The van der Waals surface area contributed by atoms with Crippen molar-refractivity contribution in [3.8, 4) is 5.82 Å². The van der Waals surface area contributed by atoms with Gasteiger partial charge < -0.3 is 5.32 Å². The average molecular weight is 300 g/mol. The largest absolute Gasteiger partial charge is 0.344 e. The van der Waals surface area contributed by atoms with Crippen LogP contribution < -0.4 is 5.32 Å². The van der Waals surface area contributed by atoms with Crippen molar-refractivity contribution in [1.29, 1.82) is 0 Å². The fourth-order valence-electron chi connectivity index (χ4n) is 2.65. The number of hydrogen-bond acceptors (Lipinski definition) is 3. The lowest BCUT2D eigenvalue weighted by Crippen LogP contribution is -2.16. The van der Waals surface area contributed by atoms with Gasteiger partial charge in [0, 0.05) is 12.1 Å². The molecule has 22 heavy (non-hydrogen) atoms. The molecule has 2 aromatic heterocycles. The maximum Gasteiger partial charge on any atom is 0.253 e. The number of aromatic nitrogens is 3. The number of imidazole rings is 1. The highest BCUT2D eigenvalue weighted by Gasteiger charge is 2.27. The Balaban J connectivity index is 1.91.